The van der Waals surface area contributed by atoms with Crippen molar-refractivity contribution >= 4 is 11.9 Å². The molecule has 32 heavy (non-hydrogen) atoms. The highest BCUT2D eigenvalue weighted by molar-refractivity contribution is 5.70. The van der Waals surface area contributed by atoms with Crippen LogP contribution in [0.5, 0.6) is 0 Å². The van der Waals surface area contributed by atoms with Crippen molar-refractivity contribution in [3.05, 3.63) is 0 Å². The number of rotatable bonds is 18. The van der Waals surface area contributed by atoms with Gasteiger partial charge in [0.05, 0.1) is 13.2 Å². The summed E-state index contributed by atoms with van der Waals surface area (Å²) in [6.45, 7) is 0.590. The van der Waals surface area contributed by atoms with Crippen molar-refractivity contribution in [1.82, 2.24) is 0 Å². The third-order valence-corrected chi connectivity index (χ3v) is 5.27. The monoisotopic (exact) mass is 448 g/mol. The van der Waals surface area contributed by atoms with Crippen LogP contribution in [0.25, 0.3) is 0 Å². The number of hydrogen-bond donors (Lipinski definition) is 0. The van der Waals surface area contributed by atoms with Crippen LogP contribution in [0.1, 0.15) is 103 Å². The average molecular weight is 449 g/mol. The molecule has 2 atom stereocenters. The highest BCUT2D eigenvalue weighted by Crippen LogP contribution is 2.17. The van der Waals surface area contributed by atoms with Crippen molar-refractivity contribution in [3.63, 3.8) is 0 Å². The van der Waals surface area contributed by atoms with E-state index in [-0.39, 0.29) is 11.9 Å². The van der Waals surface area contributed by atoms with Gasteiger partial charge in [-0.1, -0.05) is 51.4 Å². The summed E-state index contributed by atoms with van der Waals surface area (Å²) < 4.78 is 21.6. The van der Waals surface area contributed by atoms with Crippen LogP contribution in [0.15, 0.2) is 0 Å². The van der Waals surface area contributed by atoms with Crippen molar-refractivity contribution in [3.8, 4) is 24.7 Å². The quantitative estimate of drug-likeness (QED) is 0.161. The molecular weight excluding hydrogens is 408 g/mol. The van der Waals surface area contributed by atoms with Crippen LogP contribution in [0.2, 0.25) is 0 Å². The first kappa shape index (κ1) is 28.0. The van der Waals surface area contributed by atoms with Gasteiger partial charge in [0, 0.05) is 25.7 Å². The summed E-state index contributed by atoms with van der Waals surface area (Å²) in [7, 11) is 0. The molecule has 0 unspecified atom stereocenters. The van der Waals surface area contributed by atoms with E-state index < -0.39 is 12.6 Å². The fourth-order valence-electron chi connectivity index (χ4n) is 3.45. The molecule has 0 aliphatic carbocycles. The molecule has 0 aromatic carbocycles. The molecule has 0 aromatic rings. The number of carbonyl (C=O) groups is 2. The van der Waals surface area contributed by atoms with Gasteiger partial charge in [-0.25, -0.2) is 0 Å². The molecule has 1 aliphatic heterocycles. The van der Waals surface area contributed by atoms with Crippen LogP contribution in [0, 0.1) is 24.7 Å². The molecule has 0 aromatic heterocycles. The van der Waals surface area contributed by atoms with E-state index >= 15 is 0 Å². The summed E-state index contributed by atoms with van der Waals surface area (Å²) in [4.78, 5) is 24.2. The minimum atomic E-state index is -1.000. The molecule has 6 nitrogen and oxygen atoms in total. The molecule has 0 N–H and O–H groups in total. The average Bonchev–Trinajstić information content (AvgIpc) is 2.78. The summed E-state index contributed by atoms with van der Waals surface area (Å²) in [6.07, 6.45) is 23.0. The van der Waals surface area contributed by atoms with Crippen LogP contribution in [0.4, 0.5) is 0 Å². The Labute approximate surface area is 194 Å². The van der Waals surface area contributed by atoms with Gasteiger partial charge < -0.3 is 18.9 Å². The molecule has 0 bridgehead atoms. The maximum atomic E-state index is 12.1. The lowest BCUT2D eigenvalue weighted by atomic mass is 10.1. The lowest BCUT2D eigenvalue weighted by molar-refractivity contribution is -0.302. The summed E-state index contributed by atoms with van der Waals surface area (Å²) in [5.41, 5.74) is 0. The molecular formula is C26H40O6. The first-order chi connectivity index (χ1) is 15.7. The standard InChI is InChI=1S/C26H40O6/c1-3-5-7-9-11-13-15-17-19-23(27)31-25-26(30-22-21-29-25)32-24(28)20-18-16-14-12-10-8-6-4-2/h1-2,25-26H,5-22H2/t25-,26-/m0/s1. The van der Waals surface area contributed by atoms with Crippen molar-refractivity contribution < 1.29 is 28.5 Å². The third-order valence-electron chi connectivity index (χ3n) is 5.27. The van der Waals surface area contributed by atoms with E-state index in [1.165, 1.54) is 0 Å². The summed E-state index contributed by atoms with van der Waals surface area (Å²) in [5.74, 6) is 4.56. The van der Waals surface area contributed by atoms with E-state index in [0.717, 1.165) is 89.9 Å². The van der Waals surface area contributed by atoms with Gasteiger partial charge in [-0.2, -0.15) is 0 Å². The Morgan fingerprint density at radius 2 is 0.969 bits per heavy atom. The SMILES string of the molecule is C#CCCCCCCCCC(=O)O[C@@H]1OCCO[C@H]1OC(=O)CCCCCCCCC#C. The van der Waals surface area contributed by atoms with Crippen molar-refractivity contribution in [2.45, 2.75) is 115 Å². The Morgan fingerprint density at radius 3 is 1.34 bits per heavy atom. The van der Waals surface area contributed by atoms with Crippen molar-refractivity contribution in [2.75, 3.05) is 13.2 Å². The number of esters is 2. The van der Waals surface area contributed by atoms with Crippen LogP contribution in [-0.4, -0.2) is 37.7 Å². The predicted molar refractivity (Wildman–Crippen MR) is 123 cm³/mol. The zero-order chi connectivity index (χ0) is 23.3. The Hall–Kier alpha value is -2.02. The van der Waals surface area contributed by atoms with E-state index in [2.05, 4.69) is 11.8 Å². The smallest absolute Gasteiger partial charge is 0.308 e. The van der Waals surface area contributed by atoms with Gasteiger partial charge in [0.1, 0.15) is 0 Å². The van der Waals surface area contributed by atoms with Gasteiger partial charge in [-0.05, 0) is 25.7 Å². The van der Waals surface area contributed by atoms with Crippen LogP contribution < -0.4 is 0 Å². The van der Waals surface area contributed by atoms with E-state index in [4.69, 9.17) is 31.8 Å². The Bertz CT molecular complexity index is 536. The maximum absolute atomic E-state index is 12.1. The molecule has 0 amide bonds. The third kappa shape index (κ3) is 14.9. The number of terminal acetylenes is 2. The fourth-order valence-corrected chi connectivity index (χ4v) is 3.45. The van der Waals surface area contributed by atoms with Crippen molar-refractivity contribution in [1.29, 1.82) is 0 Å². The Kier molecular flexibility index (Phi) is 17.2. The molecule has 6 heteroatoms. The van der Waals surface area contributed by atoms with Gasteiger partial charge in [0.15, 0.2) is 0 Å². The lowest BCUT2D eigenvalue weighted by Crippen LogP contribution is -2.44. The van der Waals surface area contributed by atoms with Gasteiger partial charge >= 0.3 is 11.9 Å². The number of unbranched alkanes of at least 4 members (excludes halogenated alkanes) is 12. The second kappa shape index (κ2) is 19.6. The second-order valence-corrected chi connectivity index (χ2v) is 8.11. The minimum Gasteiger partial charge on any atom is -0.429 e. The van der Waals surface area contributed by atoms with E-state index in [0.29, 0.717) is 26.1 Å². The summed E-state index contributed by atoms with van der Waals surface area (Å²) in [6, 6.07) is 0. The molecule has 1 heterocycles. The van der Waals surface area contributed by atoms with Gasteiger partial charge in [-0.3, -0.25) is 9.59 Å². The Morgan fingerprint density at radius 1 is 0.625 bits per heavy atom. The number of ether oxygens (including phenoxy) is 4. The van der Waals surface area contributed by atoms with Crippen molar-refractivity contribution in [2.24, 2.45) is 0 Å². The van der Waals surface area contributed by atoms with Crippen LogP contribution in [0.3, 0.4) is 0 Å². The topological polar surface area (TPSA) is 71.1 Å². The second-order valence-electron chi connectivity index (χ2n) is 8.11. The molecule has 180 valence electrons. The summed E-state index contributed by atoms with van der Waals surface area (Å²) in [5, 5.41) is 0. The number of carbonyl (C=O) groups excluding carboxylic acids is 2. The first-order valence-corrected chi connectivity index (χ1v) is 12.2. The molecule has 1 fully saturated rings. The van der Waals surface area contributed by atoms with E-state index in [1.807, 2.05) is 0 Å². The maximum Gasteiger partial charge on any atom is 0.308 e. The van der Waals surface area contributed by atoms with E-state index in [9.17, 15) is 9.59 Å². The first-order valence-electron chi connectivity index (χ1n) is 12.2. The molecule has 1 saturated heterocycles. The van der Waals surface area contributed by atoms with Gasteiger partial charge in [-0.15, -0.1) is 24.7 Å². The highest BCUT2D eigenvalue weighted by Gasteiger charge is 2.33. The highest BCUT2D eigenvalue weighted by atomic mass is 16.8. The zero-order valence-corrected chi connectivity index (χ0v) is 19.5. The van der Waals surface area contributed by atoms with Crippen LogP contribution in [-0.2, 0) is 28.5 Å². The molecule has 0 saturated carbocycles. The van der Waals surface area contributed by atoms with Gasteiger partial charge in [0.25, 0.3) is 12.6 Å². The van der Waals surface area contributed by atoms with Gasteiger partial charge in [0.2, 0.25) is 0 Å². The Balaban J connectivity index is 2.15. The lowest BCUT2D eigenvalue weighted by Gasteiger charge is -2.30. The van der Waals surface area contributed by atoms with Crippen LogP contribution >= 0.6 is 0 Å². The molecule has 0 spiro atoms. The summed E-state index contributed by atoms with van der Waals surface area (Å²) >= 11 is 0. The molecule has 0 radical (unpaired) electrons. The number of hydrogen-bond acceptors (Lipinski definition) is 6. The van der Waals surface area contributed by atoms with E-state index in [1.54, 1.807) is 0 Å². The minimum absolute atomic E-state index is 0.295. The molecule has 1 rings (SSSR count). The molecule has 1 aliphatic rings. The normalized spacial score (nSPS) is 17.8. The largest absolute Gasteiger partial charge is 0.429 e. The predicted octanol–water partition coefficient (Wildman–Crippen LogP) is 5.28. The fraction of sp³-hybridized carbons (Fsp3) is 0.769. The zero-order valence-electron chi connectivity index (χ0n) is 19.5.